The first kappa shape index (κ1) is 20.1. The summed E-state index contributed by atoms with van der Waals surface area (Å²) in [4.78, 5) is 0. The van der Waals surface area contributed by atoms with Gasteiger partial charge in [0, 0.05) is 0 Å². The Hall–Kier alpha value is -0.227. The van der Waals surface area contributed by atoms with Crippen molar-refractivity contribution in [2.24, 2.45) is 0 Å². The number of halogens is 2. The van der Waals surface area contributed by atoms with Crippen LogP contribution < -0.4 is 0 Å². The molecule has 3 heteroatoms. The summed E-state index contributed by atoms with van der Waals surface area (Å²) in [6, 6.07) is 17.7. The topological polar surface area (TPSA) is 0 Å². The molecule has 2 rings (SSSR count). The van der Waals surface area contributed by atoms with E-state index in [1.807, 2.05) is 0 Å². The van der Waals surface area contributed by atoms with Crippen LogP contribution in [0, 0.1) is 0 Å². The van der Waals surface area contributed by atoms with Crippen molar-refractivity contribution >= 4 is 20.2 Å². The van der Waals surface area contributed by atoms with Crippen LogP contribution in [0.1, 0.15) is 61.8 Å². The molecular formula is C21H26Cl2Zr. The summed E-state index contributed by atoms with van der Waals surface area (Å²) in [5.41, 5.74) is 5.17. The van der Waals surface area contributed by atoms with Crippen molar-refractivity contribution in [3.8, 4) is 0 Å². The number of benzene rings is 2. The molecule has 0 saturated heterocycles. The van der Waals surface area contributed by atoms with Crippen molar-refractivity contribution in [1.29, 1.82) is 0 Å². The molecule has 0 aliphatic carbocycles. The van der Waals surface area contributed by atoms with E-state index in [0.29, 0.717) is 0 Å². The van der Waals surface area contributed by atoms with Gasteiger partial charge in [-0.15, -0.1) is 0 Å². The third kappa shape index (κ3) is 5.94. The summed E-state index contributed by atoms with van der Waals surface area (Å²) in [5, 5.41) is 0. The minimum absolute atomic E-state index is 1.14. The fourth-order valence-corrected chi connectivity index (χ4v) is 7.30. The molecule has 128 valence electrons. The second kappa shape index (κ2) is 10.7. The van der Waals surface area contributed by atoms with Crippen molar-refractivity contribution in [3.05, 3.63) is 70.8 Å². The zero-order valence-electron chi connectivity index (χ0n) is 14.6. The van der Waals surface area contributed by atoms with E-state index in [4.69, 9.17) is 17.0 Å². The van der Waals surface area contributed by atoms with Crippen LogP contribution in [-0.4, -0.2) is 3.21 Å². The first-order chi connectivity index (χ1) is 11.7. The van der Waals surface area contributed by atoms with E-state index >= 15 is 0 Å². The van der Waals surface area contributed by atoms with Gasteiger partial charge in [0.2, 0.25) is 0 Å². The standard InChI is InChI=1S/C21H26.2ClH.Zr/c1-3-5-7-18-9-13-20(14-10-18)17-21-15-11-19(12-16-21)8-6-4-2;;;/h9-16H,3-8H2,1-2H3;2*1H;/q;;;+2/p-2. The van der Waals surface area contributed by atoms with Crippen LogP contribution in [0.25, 0.3) is 0 Å². The van der Waals surface area contributed by atoms with Gasteiger partial charge in [-0.25, -0.2) is 0 Å². The molecule has 0 fully saturated rings. The van der Waals surface area contributed by atoms with Gasteiger partial charge in [-0.1, -0.05) is 0 Å². The molecule has 0 unspecified atom stereocenters. The van der Waals surface area contributed by atoms with Gasteiger partial charge in [-0.2, -0.15) is 0 Å². The number of hydrogen-bond acceptors (Lipinski definition) is 0. The van der Waals surface area contributed by atoms with Crippen LogP contribution in [0.4, 0.5) is 0 Å². The monoisotopic (exact) mass is 438 g/mol. The average Bonchev–Trinajstić information content (AvgIpc) is 2.60. The summed E-state index contributed by atoms with van der Waals surface area (Å²) in [6.45, 7) is 4.45. The van der Waals surface area contributed by atoms with Crippen LogP contribution in [0.3, 0.4) is 0 Å². The van der Waals surface area contributed by atoms with E-state index < -0.39 is 18.9 Å². The van der Waals surface area contributed by atoms with E-state index in [-0.39, 0.29) is 0 Å². The molecule has 0 amide bonds. The van der Waals surface area contributed by atoms with Gasteiger partial charge in [0.15, 0.2) is 0 Å². The molecule has 0 saturated carbocycles. The van der Waals surface area contributed by atoms with E-state index in [1.165, 1.54) is 51.1 Å². The third-order valence-electron chi connectivity index (χ3n) is 4.31. The molecule has 0 atom stereocenters. The molecule has 0 nitrogen and oxygen atoms in total. The SMILES string of the molecule is CCCCc1ccc([C](c2ccc(CCCC)cc2)=[Zr]([Cl])[Cl])cc1. The Morgan fingerprint density at radius 3 is 1.38 bits per heavy atom. The van der Waals surface area contributed by atoms with Gasteiger partial charge >= 0.3 is 162 Å². The maximum atomic E-state index is 6.48. The zero-order chi connectivity index (χ0) is 17.4. The first-order valence-electron chi connectivity index (χ1n) is 8.89. The number of rotatable bonds is 8. The predicted molar refractivity (Wildman–Crippen MR) is 105 cm³/mol. The number of aryl methyl sites for hydroxylation is 2. The Morgan fingerprint density at radius 1 is 0.708 bits per heavy atom. The molecule has 0 heterocycles. The Balaban J connectivity index is 2.22. The first-order valence-corrected chi connectivity index (χ1v) is 16.5. The van der Waals surface area contributed by atoms with Crippen molar-refractivity contribution in [2.75, 3.05) is 0 Å². The molecule has 0 bridgehead atoms. The van der Waals surface area contributed by atoms with Crippen LogP contribution in [0.5, 0.6) is 0 Å². The molecule has 0 aliphatic rings. The molecule has 24 heavy (non-hydrogen) atoms. The average molecular weight is 441 g/mol. The van der Waals surface area contributed by atoms with Crippen molar-refractivity contribution in [1.82, 2.24) is 0 Å². The minimum atomic E-state index is -2.54. The fraction of sp³-hybridized carbons (Fsp3) is 0.381. The molecule has 0 aliphatic heterocycles. The second-order valence-electron chi connectivity index (χ2n) is 6.24. The van der Waals surface area contributed by atoms with E-state index in [1.54, 1.807) is 0 Å². The normalized spacial score (nSPS) is 10.7. The van der Waals surface area contributed by atoms with Crippen molar-refractivity contribution in [2.45, 2.75) is 52.4 Å². The Morgan fingerprint density at radius 2 is 1.08 bits per heavy atom. The van der Waals surface area contributed by atoms with E-state index in [2.05, 4.69) is 62.4 Å². The van der Waals surface area contributed by atoms with Gasteiger partial charge in [0.1, 0.15) is 0 Å². The summed E-state index contributed by atoms with van der Waals surface area (Å²) in [6.07, 6.45) is 7.22. The Kier molecular flexibility index (Phi) is 8.95. The third-order valence-corrected chi connectivity index (χ3v) is 8.90. The maximum absolute atomic E-state index is 6.48. The molecule has 0 radical (unpaired) electrons. The van der Waals surface area contributed by atoms with E-state index in [0.717, 1.165) is 12.8 Å². The predicted octanol–water partition coefficient (Wildman–Crippen LogP) is 6.87. The van der Waals surface area contributed by atoms with Crippen LogP contribution in [0.2, 0.25) is 0 Å². The molecule has 0 spiro atoms. The van der Waals surface area contributed by atoms with Gasteiger partial charge in [-0.05, 0) is 0 Å². The fourth-order valence-electron chi connectivity index (χ4n) is 2.82. The van der Waals surface area contributed by atoms with Crippen molar-refractivity contribution < 1.29 is 18.9 Å². The molecule has 2 aromatic rings. The molecule has 0 N–H and O–H groups in total. The van der Waals surface area contributed by atoms with Gasteiger partial charge in [0.25, 0.3) is 0 Å². The Bertz CT molecular complexity index is 600. The summed E-state index contributed by atoms with van der Waals surface area (Å²) in [7, 11) is 13.0. The van der Waals surface area contributed by atoms with Crippen molar-refractivity contribution in [3.63, 3.8) is 0 Å². The van der Waals surface area contributed by atoms with Crippen LogP contribution in [0.15, 0.2) is 48.5 Å². The van der Waals surface area contributed by atoms with Gasteiger partial charge in [0.05, 0.1) is 0 Å². The Labute approximate surface area is 161 Å². The molecule has 0 aromatic heterocycles. The summed E-state index contributed by atoms with van der Waals surface area (Å²) >= 11 is -2.54. The van der Waals surface area contributed by atoms with E-state index in [9.17, 15) is 0 Å². The number of unbranched alkanes of at least 4 members (excludes halogenated alkanes) is 2. The van der Waals surface area contributed by atoms with Gasteiger partial charge in [-0.3, -0.25) is 0 Å². The molecule has 2 aromatic carbocycles. The second-order valence-corrected chi connectivity index (χ2v) is 14.4. The number of hydrogen-bond donors (Lipinski definition) is 0. The van der Waals surface area contributed by atoms with Crippen LogP contribution in [-0.2, 0) is 31.7 Å². The summed E-state index contributed by atoms with van der Waals surface area (Å²) < 4.78 is 1.19. The van der Waals surface area contributed by atoms with Crippen LogP contribution >= 0.6 is 17.0 Å². The summed E-state index contributed by atoms with van der Waals surface area (Å²) in [5.74, 6) is 0. The quantitative estimate of drug-likeness (QED) is 0.420. The van der Waals surface area contributed by atoms with Gasteiger partial charge < -0.3 is 0 Å². The molecular weight excluding hydrogens is 414 g/mol. The zero-order valence-corrected chi connectivity index (χ0v) is 18.6.